The predicted molar refractivity (Wildman–Crippen MR) is 106 cm³/mol. The molecular formula is C20H21ClN2O6. The van der Waals surface area contributed by atoms with Crippen molar-refractivity contribution in [2.75, 3.05) is 33.3 Å². The van der Waals surface area contributed by atoms with Crippen molar-refractivity contribution in [2.24, 2.45) is 0 Å². The predicted octanol–water partition coefficient (Wildman–Crippen LogP) is 2.45. The van der Waals surface area contributed by atoms with Crippen LogP contribution in [0.4, 0.5) is 0 Å². The lowest BCUT2D eigenvalue weighted by Gasteiger charge is -2.23. The minimum absolute atomic E-state index is 0.0501. The van der Waals surface area contributed by atoms with Gasteiger partial charge in [-0.1, -0.05) is 11.6 Å². The number of amides is 2. The molecule has 1 heterocycles. The van der Waals surface area contributed by atoms with Crippen LogP contribution in [0.25, 0.3) is 0 Å². The van der Waals surface area contributed by atoms with Crippen molar-refractivity contribution in [2.45, 2.75) is 6.42 Å². The average Bonchev–Trinajstić information content (AvgIpc) is 2.96. The van der Waals surface area contributed by atoms with Crippen LogP contribution in [-0.4, -0.2) is 70.2 Å². The van der Waals surface area contributed by atoms with E-state index in [9.17, 15) is 24.9 Å². The van der Waals surface area contributed by atoms with Crippen LogP contribution in [0, 0.1) is 0 Å². The van der Waals surface area contributed by atoms with Crippen LogP contribution in [0.5, 0.6) is 23.0 Å². The molecule has 2 amide bonds. The Morgan fingerprint density at radius 1 is 0.931 bits per heavy atom. The number of hydrogen-bond donors (Lipinski definition) is 3. The number of ether oxygens (including phenoxy) is 1. The van der Waals surface area contributed by atoms with Crippen molar-refractivity contribution in [1.82, 2.24) is 9.80 Å². The summed E-state index contributed by atoms with van der Waals surface area (Å²) in [6, 6.07) is 7.03. The Balaban J connectivity index is 1.74. The standard InChI is InChI=1S/C20H21ClN2O6/c1-29-17-4-3-13(21)11-14(17)20(28)23-6-2-5-22(7-8-23)19(27)12-9-15(24)18(26)16(25)10-12/h3-4,9-11,24-26H,2,5-8H2,1H3. The molecule has 0 aliphatic carbocycles. The molecule has 8 nitrogen and oxygen atoms in total. The molecule has 0 radical (unpaired) electrons. The average molecular weight is 421 g/mol. The molecule has 0 bridgehead atoms. The second-order valence-corrected chi connectivity index (χ2v) is 7.08. The minimum atomic E-state index is -0.676. The maximum atomic E-state index is 12.9. The summed E-state index contributed by atoms with van der Waals surface area (Å²) in [5.74, 6) is -2.05. The van der Waals surface area contributed by atoms with Crippen molar-refractivity contribution < 1.29 is 29.6 Å². The molecule has 29 heavy (non-hydrogen) atoms. The molecule has 0 spiro atoms. The number of carbonyl (C=O) groups excluding carboxylic acids is 2. The lowest BCUT2D eigenvalue weighted by atomic mass is 10.1. The van der Waals surface area contributed by atoms with Crippen molar-refractivity contribution in [3.8, 4) is 23.0 Å². The third-order valence-corrected chi connectivity index (χ3v) is 5.01. The van der Waals surface area contributed by atoms with Crippen molar-refractivity contribution in [3.63, 3.8) is 0 Å². The first-order valence-corrected chi connectivity index (χ1v) is 9.36. The number of hydrogen-bond acceptors (Lipinski definition) is 6. The lowest BCUT2D eigenvalue weighted by molar-refractivity contribution is 0.0716. The van der Waals surface area contributed by atoms with E-state index in [-0.39, 0.29) is 18.0 Å². The number of carbonyl (C=O) groups is 2. The summed E-state index contributed by atoms with van der Waals surface area (Å²) in [4.78, 5) is 28.9. The Kier molecular flexibility index (Phi) is 6.03. The van der Waals surface area contributed by atoms with E-state index in [0.717, 1.165) is 12.1 Å². The fourth-order valence-corrected chi connectivity index (χ4v) is 3.42. The molecule has 1 aliphatic heterocycles. The number of nitrogens with zero attached hydrogens (tertiary/aromatic N) is 2. The molecule has 2 aromatic rings. The zero-order valence-electron chi connectivity index (χ0n) is 15.8. The van der Waals surface area contributed by atoms with Gasteiger partial charge < -0.3 is 29.9 Å². The van der Waals surface area contributed by atoms with Gasteiger partial charge in [-0.15, -0.1) is 0 Å². The Bertz CT molecular complexity index is 926. The number of aromatic hydroxyl groups is 3. The molecular weight excluding hydrogens is 400 g/mol. The molecule has 9 heteroatoms. The molecule has 0 aromatic heterocycles. The molecule has 154 valence electrons. The third-order valence-electron chi connectivity index (χ3n) is 4.78. The summed E-state index contributed by atoms with van der Waals surface area (Å²) >= 11 is 6.02. The smallest absolute Gasteiger partial charge is 0.257 e. The van der Waals surface area contributed by atoms with Gasteiger partial charge in [0.2, 0.25) is 0 Å². The molecule has 1 saturated heterocycles. The highest BCUT2D eigenvalue weighted by atomic mass is 35.5. The van der Waals surface area contributed by atoms with Crippen LogP contribution in [-0.2, 0) is 0 Å². The van der Waals surface area contributed by atoms with Gasteiger partial charge in [-0.3, -0.25) is 9.59 Å². The summed E-state index contributed by atoms with van der Waals surface area (Å²) in [5.41, 5.74) is 0.405. The first kappa shape index (κ1) is 20.6. The Morgan fingerprint density at radius 2 is 1.52 bits per heavy atom. The summed E-state index contributed by atoms with van der Waals surface area (Å²) in [7, 11) is 1.48. The number of benzene rings is 2. The lowest BCUT2D eigenvalue weighted by Crippen LogP contribution is -2.37. The van der Waals surface area contributed by atoms with Crippen LogP contribution in [0.1, 0.15) is 27.1 Å². The third kappa shape index (κ3) is 4.32. The normalized spacial score (nSPS) is 14.4. The van der Waals surface area contributed by atoms with Crippen LogP contribution in [0.15, 0.2) is 30.3 Å². The van der Waals surface area contributed by atoms with Crippen molar-refractivity contribution in [3.05, 3.63) is 46.5 Å². The first-order valence-electron chi connectivity index (χ1n) is 8.99. The van der Waals surface area contributed by atoms with Gasteiger partial charge in [0.15, 0.2) is 17.2 Å². The first-order chi connectivity index (χ1) is 13.8. The number of phenols is 3. The molecule has 1 fully saturated rings. The van der Waals surface area contributed by atoms with Crippen molar-refractivity contribution in [1.29, 1.82) is 0 Å². The molecule has 0 unspecified atom stereocenters. The maximum Gasteiger partial charge on any atom is 0.257 e. The van der Waals surface area contributed by atoms with E-state index in [2.05, 4.69) is 0 Å². The van der Waals surface area contributed by atoms with Crippen LogP contribution < -0.4 is 4.74 Å². The van der Waals surface area contributed by atoms with Crippen LogP contribution >= 0.6 is 11.6 Å². The summed E-state index contributed by atoms with van der Waals surface area (Å²) in [6.45, 7) is 1.42. The largest absolute Gasteiger partial charge is 0.504 e. The molecule has 3 rings (SSSR count). The monoisotopic (exact) mass is 420 g/mol. The van der Waals surface area contributed by atoms with Crippen LogP contribution in [0.3, 0.4) is 0 Å². The number of methoxy groups -OCH3 is 1. The van der Waals surface area contributed by atoms with E-state index in [0.29, 0.717) is 42.4 Å². The van der Waals surface area contributed by atoms with Gasteiger partial charge in [-0.2, -0.15) is 0 Å². The van der Waals surface area contributed by atoms with Crippen molar-refractivity contribution >= 4 is 23.4 Å². The molecule has 0 saturated carbocycles. The van der Waals surface area contributed by atoms with Gasteiger partial charge in [0.25, 0.3) is 11.8 Å². The van der Waals surface area contributed by atoms with E-state index in [1.54, 1.807) is 23.1 Å². The van der Waals surface area contributed by atoms with E-state index in [4.69, 9.17) is 16.3 Å². The SMILES string of the molecule is COc1ccc(Cl)cc1C(=O)N1CCCN(C(=O)c2cc(O)c(O)c(O)c2)CC1. The minimum Gasteiger partial charge on any atom is -0.504 e. The Hall–Kier alpha value is -3.13. The Morgan fingerprint density at radius 3 is 2.10 bits per heavy atom. The topological polar surface area (TPSA) is 111 Å². The van der Waals surface area contributed by atoms with E-state index in [1.165, 1.54) is 12.0 Å². The van der Waals surface area contributed by atoms with Gasteiger partial charge >= 0.3 is 0 Å². The number of phenolic OH excluding ortho intramolecular Hbond substituents is 3. The van der Waals surface area contributed by atoms with Gasteiger partial charge in [0, 0.05) is 36.8 Å². The molecule has 2 aromatic carbocycles. The van der Waals surface area contributed by atoms with E-state index < -0.39 is 23.2 Å². The highest BCUT2D eigenvalue weighted by Crippen LogP contribution is 2.35. The quantitative estimate of drug-likeness (QED) is 0.658. The van der Waals surface area contributed by atoms with E-state index >= 15 is 0 Å². The molecule has 3 N–H and O–H groups in total. The fraction of sp³-hybridized carbons (Fsp3) is 0.300. The van der Waals surface area contributed by atoms with Gasteiger partial charge in [-0.25, -0.2) is 0 Å². The molecule has 1 aliphatic rings. The van der Waals surface area contributed by atoms with Crippen LogP contribution in [0.2, 0.25) is 5.02 Å². The maximum absolute atomic E-state index is 12.9. The summed E-state index contributed by atoms with van der Waals surface area (Å²) in [6.07, 6.45) is 0.552. The van der Waals surface area contributed by atoms with E-state index in [1.807, 2.05) is 0 Å². The van der Waals surface area contributed by atoms with Gasteiger partial charge in [-0.05, 0) is 36.8 Å². The highest BCUT2D eigenvalue weighted by Gasteiger charge is 2.26. The van der Waals surface area contributed by atoms with Gasteiger partial charge in [0.1, 0.15) is 5.75 Å². The second-order valence-electron chi connectivity index (χ2n) is 6.65. The number of halogens is 1. The zero-order valence-corrected chi connectivity index (χ0v) is 16.5. The Labute approximate surface area is 172 Å². The summed E-state index contributed by atoms with van der Waals surface area (Å²) in [5, 5.41) is 29.1. The fourth-order valence-electron chi connectivity index (χ4n) is 3.25. The number of rotatable bonds is 3. The highest BCUT2D eigenvalue weighted by molar-refractivity contribution is 6.31. The van der Waals surface area contributed by atoms with Gasteiger partial charge in [0.05, 0.1) is 12.7 Å². The summed E-state index contributed by atoms with van der Waals surface area (Å²) < 4.78 is 5.25. The second kappa shape index (κ2) is 8.48. The zero-order chi connectivity index (χ0) is 21.1. The molecule has 0 atom stereocenters.